The second kappa shape index (κ2) is 7.06. The molecule has 0 spiro atoms. The van der Waals surface area contributed by atoms with Gasteiger partial charge in [-0.3, -0.25) is 0 Å². The molecule has 0 atom stereocenters. The predicted molar refractivity (Wildman–Crippen MR) is 70.5 cm³/mol. The molecule has 0 unspecified atom stereocenters. The molecule has 0 aliphatic rings. The van der Waals surface area contributed by atoms with Gasteiger partial charge in [-0.25, -0.2) is 9.97 Å². The number of methoxy groups -OCH3 is 1. The number of nitrogens with one attached hydrogen (secondary N) is 1. The zero-order valence-corrected chi connectivity index (χ0v) is 11.2. The number of rotatable bonds is 7. The van der Waals surface area contributed by atoms with Crippen molar-refractivity contribution < 1.29 is 4.74 Å². The van der Waals surface area contributed by atoms with Crippen molar-refractivity contribution in [2.45, 2.75) is 26.9 Å². The Morgan fingerprint density at radius 2 is 2.12 bits per heavy atom. The average Bonchev–Trinajstić information content (AvgIpc) is 2.35. The summed E-state index contributed by atoms with van der Waals surface area (Å²) in [6.07, 6.45) is 1.10. The molecule has 0 amide bonds. The maximum Gasteiger partial charge on any atom is 0.158 e. The molecule has 0 bridgehead atoms. The molecular weight excluding hydrogens is 216 g/mol. The molecule has 0 aromatic carbocycles. The SMILES string of the molecule is CCCN(CC)c1cc(NC)nc(COC)n1. The summed E-state index contributed by atoms with van der Waals surface area (Å²) in [5.74, 6) is 2.50. The Morgan fingerprint density at radius 3 is 2.65 bits per heavy atom. The topological polar surface area (TPSA) is 50.3 Å². The molecule has 17 heavy (non-hydrogen) atoms. The lowest BCUT2D eigenvalue weighted by Crippen LogP contribution is -2.25. The van der Waals surface area contributed by atoms with E-state index in [1.165, 1.54) is 0 Å². The number of hydrogen-bond acceptors (Lipinski definition) is 5. The molecule has 0 aliphatic heterocycles. The van der Waals surface area contributed by atoms with Crippen LogP contribution in [0.5, 0.6) is 0 Å². The van der Waals surface area contributed by atoms with Crippen LogP contribution in [0.4, 0.5) is 11.6 Å². The smallest absolute Gasteiger partial charge is 0.158 e. The van der Waals surface area contributed by atoms with Gasteiger partial charge in [-0.15, -0.1) is 0 Å². The first kappa shape index (κ1) is 13.7. The highest BCUT2D eigenvalue weighted by Crippen LogP contribution is 2.16. The Hall–Kier alpha value is -1.36. The summed E-state index contributed by atoms with van der Waals surface area (Å²) in [6, 6.07) is 1.97. The predicted octanol–water partition coefficient (Wildman–Crippen LogP) is 1.90. The number of anilines is 2. The van der Waals surface area contributed by atoms with Gasteiger partial charge in [0.05, 0.1) is 0 Å². The number of nitrogens with zero attached hydrogens (tertiary/aromatic N) is 3. The Morgan fingerprint density at radius 1 is 1.35 bits per heavy atom. The van der Waals surface area contributed by atoms with Gasteiger partial charge in [-0.2, -0.15) is 0 Å². The van der Waals surface area contributed by atoms with Gasteiger partial charge < -0.3 is 15.0 Å². The van der Waals surface area contributed by atoms with Crippen LogP contribution in [0.1, 0.15) is 26.1 Å². The monoisotopic (exact) mass is 238 g/mol. The van der Waals surface area contributed by atoms with E-state index in [4.69, 9.17) is 4.74 Å². The quantitative estimate of drug-likeness (QED) is 0.786. The maximum absolute atomic E-state index is 5.08. The van der Waals surface area contributed by atoms with Crippen LogP contribution in [0.2, 0.25) is 0 Å². The highest BCUT2D eigenvalue weighted by molar-refractivity contribution is 5.49. The number of hydrogen-bond donors (Lipinski definition) is 1. The van der Waals surface area contributed by atoms with Gasteiger partial charge in [-0.1, -0.05) is 6.92 Å². The first-order valence-electron chi connectivity index (χ1n) is 6.04. The van der Waals surface area contributed by atoms with E-state index in [0.29, 0.717) is 12.4 Å². The van der Waals surface area contributed by atoms with Gasteiger partial charge in [0, 0.05) is 33.3 Å². The van der Waals surface area contributed by atoms with Crippen molar-refractivity contribution in [1.29, 1.82) is 0 Å². The molecule has 0 radical (unpaired) electrons. The van der Waals surface area contributed by atoms with E-state index >= 15 is 0 Å². The van der Waals surface area contributed by atoms with E-state index in [1.54, 1.807) is 7.11 Å². The molecule has 1 aromatic rings. The molecule has 0 fully saturated rings. The van der Waals surface area contributed by atoms with Crippen LogP contribution in [-0.4, -0.2) is 37.2 Å². The van der Waals surface area contributed by atoms with E-state index in [9.17, 15) is 0 Å². The van der Waals surface area contributed by atoms with Gasteiger partial charge >= 0.3 is 0 Å². The van der Waals surface area contributed by atoms with Crippen LogP contribution in [0.25, 0.3) is 0 Å². The molecule has 96 valence electrons. The van der Waals surface area contributed by atoms with Crippen LogP contribution in [-0.2, 0) is 11.3 Å². The Kier molecular flexibility index (Phi) is 5.69. The molecule has 1 rings (SSSR count). The highest BCUT2D eigenvalue weighted by Gasteiger charge is 2.09. The molecule has 1 aromatic heterocycles. The largest absolute Gasteiger partial charge is 0.377 e. The molecule has 0 saturated heterocycles. The third-order valence-electron chi connectivity index (χ3n) is 2.49. The Bertz CT molecular complexity index is 343. The third kappa shape index (κ3) is 3.85. The lowest BCUT2D eigenvalue weighted by atomic mass is 10.3. The number of aromatic nitrogens is 2. The van der Waals surface area contributed by atoms with E-state index < -0.39 is 0 Å². The molecule has 0 saturated carbocycles. The van der Waals surface area contributed by atoms with Gasteiger partial charge in [0.1, 0.15) is 18.2 Å². The zero-order chi connectivity index (χ0) is 12.7. The standard InChI is InChI=1S/C12H22N4O/c1-5-7-16(6-2)12-8-10(13-3)14-11(15-12)9-17-4/h8H,5-7,9H2,1-4H3,(H,13,14,15). The molecule has 5 heteroatoms. The lowest BCUT2D eigenvalue weighted by Gasteiger charge is -2.22. The summed E-state index contributed by atoms with van der Waals surface area (Å²) in [5, 5.41) is 3.05. The highest BCUT2D eigenvalue weighted by atomic mass is 16.5. The van der Waals surface area contributed by atoms with Crippen molar-refractivity contribution >= 4 is 11.6 Å². The van der Waals surface area contributed by atoms with Crippen LogP contribution in [0.15, 0.2) is 6.07 Å². The maximum atomic E-state index is 5.08. The van der Waals surface area contributed by atoms with Gasteiger partial charge in [0.15, 0.2) is 5.82 Å². The van der Waals surface area contributed by atoms with Crippen molar-refractivity contribution in [2.75, 3.05) is 37.5 Å². The fourth-order valence-corrected chi connectivity index (χ4v) is 1.67. The van der Waals surface area contributed by atoms with E-state index in [-0.39, 0.29) is 0 Å². The minimum Gasteiger partial charge on any atom is -0.377 e. The summed E-state index contributed by atoms with van der Waals surface area (Å²) in [4.78, 5) is 11.1. The first-order chi connectivity index (χ1) is 8.24. The molecule has 1 N–H and O–H groups in total. The van der Waals surface area contributed by atoms with Gasteiger partial charge in [0.25, 0.3) is 0 Å². The van der Waals surface area contributed by atoms with E-state index in [2.05, 4.69) is 34.0 Å². The van der Waals surface area contributed by atoms with Crippen molar-refractivity contribution in [3.63, 3.8) is 0 Å². The molecular formula is C12H22N4O. The summed E-state index contributed by atoms with van der Waals surface area (Å²) in [5.41, 5.74) is 0. The fraction of sp³-hybridized carbons (Fsp3) is 0.667. The molecule has 0 aliphatic carbocycles. The summed E-state index contributed by atoms with van der Waals surface area (Å²) in [6.45, 7) is 6.68. The van der Waals surface area contributed by atoms with Crippen LogP contribution < -0.4 is 10.2 Å². The minimum atomic E-state index is 0.437. The summed E-state index contributed by atoms with van der Waals surface area (Å²) >= 11 is 0. The number of ether oxygens (including phenoxy) is 1. The Balaban J connectivity index is 2.99. The summed E-state index contributed by atoms with van der Waals surface area (Å²) in [7, 11) is 3.51. The third-order valence-corrected chi connectivity index (χ3v) is 2.49. The zero-order valence-electron chi connectivity index (χ0n) is 11.2. The van der Waals surface area contributed by atoms with E-state index in [1.807, 2.05) is 13.1 Å². The van der Waals surface area contributed by atoms with Gasteiger partial charge in [-0.05, 0) is 13.3 Å². The average molecular weight is 238 g/mol. The minimum absolute atomic E-state index is 0.437. The van der Waals surface area contributed by atoms with Crippen molar-refractivity contribution in [2.24, 2.45) is 0 Å². The molecule has 5 nitrogen and oxygen atoms in total. The normalized spacial score (nSPS) is 10.4. The molecule has 1 heterocycles. The first-order valence-corrected chi connectivity index (χ1v) is 6.04. The van der Waals surface area contributed by atoms with Crippen LogP contribution in [0, 0.1) is 0 Å². The fourth-order valence-electron chi connectivity index (χ4n) is 1.67. The van der Waals surface area contributed by atoms with Crippen LogP contribution >= 0.6 is 0 Å². The van der Waals surface area contributed by atoms with Crippen molar-refractivity contribution in [3.05, 3.63) is 11.9 Å². The van der Waals surface area contributed by atoms with Gasteiger partial charge in [0.2, 0.25) is 0 Å². The van der Waals surface area contributed by atoms with Crippen LogP contribution in [0.3, 0.4) is 0 Å². The van der Waals surface area contributed by atoms with Crippen molar-refractivity contribution in [1.82, 2.24) is 9.97 Å². The Labute approximate surface area is 103 Å². The van der Waals surface area contributed by atoms with Crippen molar-refractivity contribution in [3.8, 4) is 0 Å². The second-order valence-corrected chi connectivity index (χ2v) is 3.79. The van der Waals surface area contributed by atoms with E-state index in [0.717, 1.165) is 31.1 Å². The lowest BCUT2D eigenvalue weighted by molar-refractivity contribution is 0.178. The second-order valence-electron chi connectivity index (χ2n) is 3.79. The summed E-state index contributed by atoms with van der Waals surface area (Å²) < 4.78 is 5.08.